The molecule has 0 fully saturated rings. The summed E-state index contributed by atoms with van der Waals surface area (Å²) in [6, 6.07) is 15.6. The van der Waals surface area contributed by atoms with Crippen molar-refractivity contribution in [2.75, 3.05) is 6.61 Å². The molecule has 5 rings (SSSR count). The molecule has 0 aliphatic heterocycles. The number of rotatable bonds is 3. The van der Waals surface area contributed by atoms with Gasteiger partial charge in [0, 0.05) is 6.61 Å². The molecule has 0 heterocycles. The molecule has 4 heteroatoms. The molecule has 0 saturated carbocycles. The largest absolute Gasteiger partial charge is 0.416 e. The predicted octanol–water partition coefficient (Wildman–Crippen LogP) is 4.59. The molecule has 3 aliphatic carbocycles. The second-order valence-corrected chi connectivity index (χ2v) is 14.2. The van der Waals surface area contributed by atoms with Crippen molar-refractivity contribution >= 4 is 14.1 Å². The summed E-state index contributed by atoms with van der Waals surface area (Å²) in [7, 11) is -2.03. The number of fused-ring (bicyclic) bond motifs is 1. The first kappa shape index (κ1) is 18.6. The highest BCUT2D eigenvalue weighted by molar-refractivity contribution is 6.74. The van der Waals surface area contributed by atoms with Crippen molar-refractivity contribution in [2.24, 2.45) is 5.92 Å². The van der Waals surface area contributed by atoms with Crippen LogP contribution in [0, 0.1) is 5.92 Å². The van der Waals surface area contributed by atoms with E-state index in [1.54, 1.807) is 0 Å². The van der Waals surface area contributed by atoms with E-state index in [0.717, 1.165) is 22.3 Å². The summed E-state index contributed by atoms with van der Waals surface area (Å²) < 4.78 is 6.41. The Hall–Kier alpha value is -1.75. The Balaban J connectivity index is 1.81. The topological polar surface area (TPSA) is 46.5 Å². The van der Waals surface area contributed by atoms with E-state index in [2.05, 4.69) is 33.9 Å². The first-order chi connectivity index (χ1) is 12.6. The fraction of sp³-hybridized carbons (Fsp3) is 0.435. The lowest BCUT2D eigenvalue weighted by Crippen LogP contribution is -2.55. The van der Waals surface area contributed by atoms with E-state index < -0.39 is 19.8 Å². The van der Waals surface area contributed by atoms with Crippen LogP contribution in [0.4, 0.5) is 0 Å². The molecule has 0 spiro atoms. The van der Waals surface area contributed by atoms with Gasteiger partial charge >= 0.3 is 0 Å². The fourth-order valence-corrected chi connectivity index (χ4v) is 5.32. The van der Waals surface area contributed by atoms with Gasteiger partial charge in [0.2, 0.25) is 0 Å². The van der Waals surface area contributed by atoms with Gasteiger partial charge in [0.05, 0.1) is 11.8 Å². The Kier molecular flexibility index (Phi) is 4.04. The second-order valence-electron chi connectivity index (χ2n) is 9.40. The third-order valence-electron chi connectivity index (χ3n) is 6.91. The van der Waals surface area contributed by atoms with E-state index >= 15 is 0 Å². The zero-order chi connectivity index (χ0) is 19.6. The molecule has 0 radical (unpaired) electrons. The molecule has 0 saturated heterocycles. The number of hydrogen-bond donors (Lipinski definition) is 1. The van der Waals surface area contributed by atoms with E-state index in [1.807, 2.05) is 48.5 Å². The summed E-state index contributed by atoms with van der Waals surface area (Å²) in [5, 5.41) is 12.0. The molecule has 0 amide bonds. The lowest BCUT2D eigenvalue weighted by Gasteiger charge is -2.50. The lowest BCUT2D eigenvalue weighted by molar-refractivity contribution is -0.137. The molecule has 0 unspecified atom stereocenters. The van der Waals surface area contributed by atoms with Crippen LogP contribution in [0.15, 0.2) is 48.5 Å². The normalized spacial score (nSPS) is 26.7. The minimum Gasteiger partial charge on any atom is -0.416 e. The summed E-state index contributed by atoms with van der Waals surface area (Å²) in [5.74, 6) is -0.797. The van der Waals surface area contributed by atoms with Crippen LogP contribution in [0.1, 0.15) is 48.9 Å². The molecule has 2 aromatic rings. The van der Waals surface area contributed by atoms with Gasteiger partial charge in [-0.3, -0.25) is 4.79 Å². The third kappa shape index (κ3) is 2.50. The van der Waals surface area contributed by atoms with Crippen LogP contribution >= 0.6 is 0 Å². The number of hydrogen-bond acceptors (Lipinski definition) is 3. The van der Waals surface area contributed by atoms with Crippen molar-refractivity contribution in [1.29, 1.82) is 0 Å². The zero-order valence-electron chi connectivity index (χ0n) is 16.7. The van der Waals surface area contributed by atoms with Gasteiger partial charge in [-0.1, -0.05) is 69.3 Å². The van der Waals surface area contributed by atoms with Crippen molar-refractivity contribution < 1.29 is 14.3 Å². The van der Waals surface area contributed by atoms with Gasteiger partial charge in [0.15, 0.2) is 14.1 Å². The number of ketones is 1. The average molecular weight is 381 g/mol. The van der Waals surface area contributed by atoms with E-state index in [-0.39, 0.29) is 23.3 Å². The molecule has 27 heavy (non-hydrogen) atoms. The second kappa shape index (κ2) is 5.87. The smallest absolute Gasteiger partial charge is 0.192 e. The molecule has 1 N–H and O–H groups in total. The van der Waals surface area contributed by atoms with Crippen LogP contribution < -0.4 is 0 Å². The number of benzene rings is 2. The molecule has 3 aliphatic rings. The first-order valence-electron chi connectivity index (χ1n) is 9.68. The van der Waals surface area contributed by atoms with Gasteiger partial charge in [0.25, 0.3) is 0 Å². The number of carbonyl (C=O) groups excluding carboxylic acids is 1. The SMILES string of the molecule is CC(C)(C)[Si](C)(C)OC[C@H]1C(=O)C2c3ccccc3C1(O)c1ccccc12. The fourth-order valence-electron chi connectivity index (χ4n) is 4.30. The molecule has 2 bridgehead atoms. The number of carbonyl (C=O) groups is 1. The van der Waals surface area contributed by atoms with Crippen molar-refractivity contribution in [3.63, 3.8) is 0 Å². The highest BCUT2D eigenvalue weighted by Gasteiger charge is 2.58. The Morgan fingerprint density at radius 2 is 1.48 bits per heavy atom. The summed E-state index contributed by atoms with van der Waals surface area (Å²) in [6.45, 7) is 11.2. The maximum Gasteiger partial charge on any atom is 0.192 e. The summed E-state index contributed by atoms with van der Waals surface area (Å²) in [6.07, 6.45) is 0. The van der Waals surface area contributed by atoms with Crippen molar-refractivity contribution in [3.05, 3.63) is 70.8 Å². The summed E-state index contributed by atoms with van der Waals surface area (Å²) in [5.41, 5.74) is 2.27. The Labute approximate surface area is 162 Å². The molecule has 2 aromatic carbocycles. The zero-order valence-corrected chi connectivity index (χ0v) is 17.7. The van der Waals surface area contributed by atoms with Crippen LogP contribution in [0.25, 0.3) is 0 Å². The molecule has 0 aromatic heterocycles. The van der Waals surface area contributed by atoms with E-state index in [9.17, 15) is 9.90 Å². The van der Waals surface area contributed by atoms with Crippen LogP contribution in [-0.4, -0.2) is 25.8 Å². The van der Waals surface area contributed by atoms with Gasteiger partial charge in [-0.2, -0.15) is 0 Å². The van der Waals surface area contributed by atoms with Crippen LogP contribution in [0.3, 0.4) is 0 Å². The molecule has 3 nitrogen and oxygen atoms in total. The number of Topliss-reactive ketones (excluding diaryl/α,β-unsaturated/α-hetero) is 1. The average Bonchev–Trinajstić information content (AvgIpc) is 2.61. The minimum absolute atomic E-state index is 0.0577. The van der Waals surface area contributed by atoms with Gasteiger partial charge < -0.3 is 9.53 Å². The van der Waals surface area contributed by atoms with Gasteiger partial charge in [-0.05, 0) is 40.4 Å². The standard InChI is InChI=1S/C23H28O3Si/c1-22(2,3)27(4,5)26-14-19-21(24)20-15-10-6-8-12-17(15)23(19,25)18-13-9-7-11-16(18)20/h6-13,19-20,25H,14H2,1-5H3/t19-,20?,23?/m0/s1. The van der Waals surface area contributed by atoms with Gasteiger partial charge in [-0.15, -0.1) is 0 Å². The molecule has 1 atom stereocenters. The van der Waals surface area contributed by atoms with Crippen LogP contribution in [0.2, 0.25) is 18.1 Å². The Bertz CT molecular complexity index is 862. The van der Waals surface area contributed by atoms with Crippen molar-refractivity contribution in [1.82, 2.24) is 0 Å². The minimum atomic E-state index is -2.03. The highest BCUT2D eigenvalue weighted by atomic mass is 28.4. The highest BCUT2D eigenvalue weighted by Crippen LogP contribution is 2.56. The monoisotopic (exact) mass is 380 g/mol. The van der Waals surface area contributed by atoms with Crippen LogP contribution in [-0.2, 0) is 14.8 Å². The summed E-state index contributed by atoms with van der Waals surface area (Å²) >= 11 is 0. The van der Waals surface area contributed by atoms with E-state index in [0.29, 0.717) is 0 Å². The number of aliphatic hydroxyl groups is 1. The lowest BCUT2D eigenvalue weighted by atomic mass is 9.56. The van der Waals surface area contributed by atoms with Crippen LogP contribution in [0.5, 0.6) is 0 Å². The quantitative estimate of drug-likeness (QED) is 0.792. The van der Waals surface area contributed by atoms with E-state index in [4.69, 9.17) is 4.43 Å². The molecular formula is C23H28O3Si. The van der Waals surface area contributed by atoms with Gasteiger partial charge in [-0.25, -0.2) is 0 Å². The molecule has 142 valence electrons. The maximum atomic E-state index is 13.5. The Morgan fingerprint density at radius 1 is 1.00 bits per heavy atom. The Morgan fingerprint density at radius 3 is 1.96 bits per heavy atom. The van der Waals surface area contributed by atoms with E-state index in [1.165, 1.54) is 0 Å². The maximum absolute atomic E-state index is 13.5. The predicted molar refractivity (Wildman–Crippen MR) is 109 cm³/mol. The molecular weight excluding hydrogens is 352 g/mol. The first-order valence-corrected chi connectivity index (χ1v) is 12.6. The van der Waals surface area contributed by atoms with Crippen molar-refractivity contribution in [3.8, 4) is 0 Å². The summed E-state index contributed by atoms with van der Waals surface area (Å²) in [4.78, 5) is 13.5. The third-order valence-corrected chi connectivity index (χ3v) is 11.4. The van der Waals surface area contributed by atoms with Gasteiger partial charge in [0.1, 0.15) is 5.60 Å². The van der Waals surface area contributed by atoms with Crippen molar-refractivity contribution in [2.45, 2.75) is 50.4 Å².